The molecule has 3 N–H and O–H groups in total. The topological polar surface area (TPSA) is 85.8 Å². The van der Waals surface area contributed by atoms with Crippen LogP contribution in [0.4, 0.5) is 5.95 Å². The molecule has 0 unspecified atom stereocenters. The lowest BCUT2D eigenvalue weighted by Gasteiger charge is -2.26. The van der Waals surface area contributed by atoms with Gasteiger partial charge in [-0.1, -0.05) is 19.8 Å². The van der Waals surface area contributed by atoms with Gasteiger partial charge in [-0.25, -0.2) is 9.67 Å². The van der Waals surface area contributed by atoms with Gasteiger partial charge in [-0.15, -0.1) is 5.10 Å². The fraction of sp³-hybridized carbons (Fsp3) is 0.750. The van der Waals surface area contributed by atoms with Crippen molar-refractivity contribution < 1.29 is 4.79 Å². The second-order valence-corrected chi connectivity index (χ2v) is 5.23. The Labute approximate surface area is 107 Å². The number of rotatable bonds is 4. The Morgan fingerprint density at radius 1 is 1.50 bits per heavy atom. The third kappa shape index (κ3) is 3.72. The number of nitrogens with one attached hydrogen (secondary N) is 1. The molecule has 2 rings (SSSR count). The summed E-state index contributed by atoms with van der Waals surface area (Å²) >= 11 is 0. The van der Waals surface area contributed by atoms with Crippen molar-refractivity contribution in [1.29, 1.82) is 0 Å². The van der Waals surface area contributed by atoms with Gasteiger partial charge in [0.2, 0.25) is 11.9 Å². The molecule has 0 spiro atoms. The van der Waals surface area contributed by atoms with Crippen LogP contribution in [-0.4, -0.2) is 27.2 Å². The highest BCUT2D eigenvalue weighted by Crippen LogP contribution is 2.27. The molecule has 18 heavy (non-hydrogen) atoms. The molecule has 1 heterocycles. The first-order valence-corrected chi connectivity index (χ1v) is 6.55. The molecule has 0 aromatic carbocycles. The number of nitrogens with zero attached hydrogens (tertiary/aromatic N) is 3. The van der Waals surface area contributed by atoms with E-state index in [2.05, 4.69) is 22.3 Å². The first-order valence-electron chi connectivity index (χ1n) is 6.55. The Hall–Kier alpha value is -1.59. The summed E-state index contributed by atoms with van der Waals surface area (Å²) in [6.07, 6.45) is 6.47. The molecule has 0 aliphatic heterocycles. The van der Waals surface area contributed by atoms with Crippen LogP contribution in [0.3, 0.4) is 0 Å². The molecule has 1 aromatic rings. The Morgan fingerprint density at radius 2 is 2.22 bits per heavy atom. The molecule has 1 aliphatic carbocycles. The molecule has 1 aromatic heterocycles. The molecular weight excluding hydrogens is 230 g/mol. The highest BCUT2D eigenvalue weighted by atomic mass is 16.2. The predicted molar refractivity (Wildman–Crippen MR) is 68.6 cm³/mol. The summed E-state index contributed by atoms with van der Waals surface area (Å²) in [6, 6.07) is 0. The Balaban J connectivity index is 1.68. The second-order valence-electron chi connectivity index (χ2n) is 5.23. The van der Waals surface area contributed by atoms with E-state index in [0.717, 1.165) is 12.5 Å². The third-order valence-corrected chi connectivity index (χ3v) is 3.58. The molecule has 100 valence electrons. The Morgan fingerprint density at radius 3 is 2.83 bits per heavy atom. The van der Waals surface area contributed by atoms with Crippen LogP contribution in [0.25, 0.3) is 0 Å². The van der Waals surface area contributed by atoms with Crippen LogP contribution < -0.4 is 11.1 Å². The number of carbonyl (C=O) groups excluding carboxylic acids is 1. The smallest absolute Gasteiger partial charge is 0.241 e. The number of anilines is 1. The summed E-state index contributed by atoms with van der Waals surface area (Å²) in [5, 5.41) is 6.83. The maximum Gasteiger partial charge on any atom is 0.241 e. The van der Waals surface area contributed by atoms with E-state index in [4.69, 9.17) is 5.73 Å². The number of nitrogens with two attached hydrogens (primary N) is 1. The highest BCUT2D eigenvalue weighted by Gasteiger charge is 2.18. The zero-order chi connectivity index (χ0) is 13.0. The number of aromatic nitrogens is 3. The van der Waals surface area contributed by atoms with Crippen molar-refractivity contribution in [3.05, 3.63) is 6.33 Å². The van der Waals surface area contributed by atoms with E-state index in [-0.39, 0.29) is 18.4 Å². The molecule has 6 heteroatoms. The average molecular weight is 251 g/mol. The van der Waals surface area contributed by atoms with E-state index in [1.807, 2.05) is 0 Å². The Bertz CT molecular complexity index is 395. The summed E-state index contributed by atoms with van der Waals surface area (Å²) in [4.78, 5) is 15.5. The summed E-state index contributed by atoms with van der Waals surface area (Å²) < 4.78 is 1.45. The average Bonchev–Trinajstić information content (AvgIpc) is 2.74. The maximum atomic E-state index is 11.7. The highest BCUT2D eigenvalue weighted by molar-refractivity contribution is 5.75. The molecule has 1 aliphatic rings. The molecule has 0 saturated heterocycles. The lowest BCUT2D eigenvalue weighted by atomic mass is 9.83. The molecule has 0 bridgehead atoms. The van der Waals surface area contributed by atoms with Gasteiger partial charge in [0, 0.05) is 6.54 Å². The summed E-state index contributed by atoms with van der Waals surface area (Å²) in [7, 11) is 0. The number of hydrogen-bond acceptors (Lipinski definition) is 4. The molecule has 1 amide bonds. The number of carbonyl (C=O) groups is 1. The molecule has 1 fully saturated rings. The third-order valence-electron chi connectivity index (χ3n) is 3.58. The maximum absolute atomic E-state index is 11.7. The standard InChI is InChI=1S/C12H21N5O/c1-9-2-4-10(5-3-9)6-14-11(18)7-17-8-15-12(13)16-17/h8-10H,2-7H2,1H3,(H2,13,16)(H,14,18). The van der Waals surface area contributed by atoms with Gasteiger partial charge < -0.3 is 11.1 Å². The minimum atomic E-state index is -0.0291. The summed E-state index contributed by atoms with van der Waals surface area (Å²) in [5.74, 6) is 1.64. The number of hydrogen-bond donors (Lipinski definition) is 2. The van der Waals surface area contributed by atoms with E-state index < -0.39 is 0 Å². The van der Waals surface area contributed by atoms with Crippen LogP contribution in [0.15, 0.2) is 6.33 Å². The van der Waals surface area contributed by atoms with Crippen molar-refractivity contribution >= 4 is 11.9 Å². The first-order chi connectivity index (χ1) is 8.63. The van der Waals surface area contributed by atoms with E-state index in [1.165, 1.54) is 36.7 Å². The van der Waals surface area contributed by atoms with Gasteiger partial charge in [-0.05, 0) is 24.7 Å². The first kappa shape index (κ1) is 12.9. The zero-order valence-corrected chi connectivity index (χ0v) is 10.8. The van der Waals surface area contributed by atoms with Crippen molar-refractivity contribution in [2.75, 3.05) is 12.3 Å². The van der Waals surface area contributed by atoms with Crippen molar-refractivity contribution in [2.24, 2.45) is 11.8 Å². The van der Waals surface area contributed by atoms with E-state index in [0.29, 0.717) is 5.92 Å². The summed E-state index contributed by atoms with van der Waals surface area (Å²) in [6.45, 7) is 3.26. The van der Waals surface area contributed by atoms with Crippen LogP contribution in [0, 0.1) is 11.8 Å². The van der Waals surface area contributed by atoms with Gasteiger partial charge in [0.05, 0.1) is 0 Å². The van der Waals surface area contributed by atoms with Gasteiger partial charge >= 0.3 is 0 Å². The number of amides is 1. The van der Waals surface area contributed by atoms with Crippen molar-refractivity contribution in [3.8, 4) is 0 Å². The minimum absolute atomic E-state index is 0.0291. The fourth-order valence-electron chi connectivity index (χ4n) is 2.38. The van der Waals surface area contributed by atoms with Crippen LogP contribution in [0.1, 0.15) is 32.6 Å². The molecule has 0 radical (unpaired) electrons. The molecule has 1 saturated carbocycles. The fourth-order valence-corrected chi connectivity index (χ4v) is 2.38. The second kappa shape index (κ2) is 5.84. The summed E-state index contributed by atoms with van der Waals surface area (Å²) in [5.41, 5.74) is 5.38. The largest absolute Gasteiger partial charge is 0.367 e. The number of nitrogen functional groups attached to an aromatic ring is 1. The van der Waals surface area contributed by atoms with Gasteiger partial charge in [0.25, 0.3) is 0 Å². The van der Waals surface area contributed by atoms with Crippen LogP contribution in [0.5, 0.6) is 0 Å². The van der Waals surface area contributed by atoms with E-state index in [1.54, 1.807) is 0 Å². The van der Waals surface area contributed by atoms with E-state index in [9.17, 15) is 4.79 Å². The van der Waals surface area contributed by atoms with Gasteiger partial charge in [-0.2, -0.15) is 0 Å². The SMILES string of the molecule is CC1CCC(CNC(=O)Cn2cnc(N)n2)CC1. The molecular formula is C12H21N5O. The Kier molecular flexibility index (Phi) is 4.17. The van der Waals surface area contributed by atoms with Crippen molar-refractivity contribution in [1.82, 2.24) is 20.1 Å². The van der Waals surface area contributed by atoms with Crippen LogP contribution >= 0.6 is 0 Å². The zero-order valence-electron chi connectivity index (χ0n) is 10.8. The lowest BCUT2D eigenvalue weighted by molar-refractivity contribution is -0.122. The van der Waals surface area contributed by atoms with Crippen molar-refractivity contribution in [3.63, 3.8) is 0 Å². The van der Waals surface area contributed by atoms with Gasteiger partial charge in [0.15, 0.2) is 0 Å². The predicted octanol–water partition coefficient (Wildman–Crippen LogP) is 0.803. The van der Waals surface area contributed by atoms with Gasteiger partial charge in [0.1, 0.15) is 12.9 Å². The van der Waals surface area contributed by atoms with Crippen LogP contribution in [0.2, 0.25) is 0 Å². The van der Waals surface area contributed by atoms with Crippen molar-refractivity contribution in [2.45, 2.75) is 39.2 Å². The van der Waals surface area contributed by atoms with Crippen LogP contribution in [-0.2, 0) is 11.3 Å². The molecule has 0 atom stereocenters. The molecule has 6 nitrogen and oxygen atoms in total. The quantitative estimate of drug-likeness (QED) is 0.829. The van der Waals surface area contributed by atoms with Gasteiger partial charge in [-0.3, -0.25) is 4.79 Å². The van der Waals surface area contributed by atoms with E-state index >= 15 is 0 Å². The lowest BCUT2D eigenvalue weighted by Crippen LogP contribution is -2.33. The monoisotopic (exact) mass is 251 g/mol. The normalized spacial score (nSPS) is 23.8. The minimum Gasteiger partial charge on any atom is -0.367 e.